The van der Waals surface area contributed by atoms with E-state index >= 15 is 0 Å². The van der Waals surface area contributed by atoms with Crippen LogP contribution in [0.5, 0.6) is 0 Å². The average molecular weight is 287 g/mol. The average Bonchev–Trinajstić information content (AvgIpc) is 3.17. The number of hydrogen-bond acceptors (Lipinski definition) is 6. The molecule has 2 aromatic heterocycles. The summed E-state index contributed by atoms with van der Waals surface area (Å²) in [6.45, 7) is 4.18. The fourth-order valence-electron chi connectivity index (χ4n) is 3.63. The maximum atomic E-state index is 5.80. The lowest BCUT2D eigenvalue weighted by molar-refractivity contribution is 0.187. The molecule has 7 heteroatoms. The Kier molecular flexibility index (Phi) is 3.14. The van der Waals surface area contributed by atoms with Crippen molar-refractivity contribution in [2.45, 2.75) is 31.7 Å². The molecule has 0 bridgehead atoms. The van der Waals surface area contributed by atoms with E-state index in [0.29, 0.717) is 11.6 Å². The van der Waals surface area contributed by atoms with Gasteiger partial charge in [-0.05, 0) is 12.8 Å². The summed E-state index contributed by atoms with van der Waals surface area (Å²) in [4.78, 5) is 20.8. The molecule has 2 aliphatic rings. The summed E-state index contributed by atoms with van der Waals surface area (Å²) in [6.07, 6.45) is 7.16. The summed E-state index contributed by atoms with van der Waals surface area (Å²) < 4.78 is 0. The van der Waals surface area contributed by atoms with Gasteiger partial charge in [-0.1, -0.05) is 12.8 Å². The third kappa shape index (κ3) is 2.31. The van der Waals surface area contributed by atoms with Crippen molar-refractivity contribution in [1.29, 1.82) is 0 Å². The number of aromatic amines is 1. The van der Waals surface area contributed by atoms with Crippen LogP contribution in [0.4, 0.5) is 11.8 Å². The third-order valence-electron chi connectivity index (χ3n) is 4.74. The van der Waals surface area contributed by atoms with Crippen LogP contribution in [0.2, 0.25) is 0 Å². The molecule has 0 aromatic carbocycles. The Balaban J connectivity index is 1.53. The van der Waals surface area contributed by atoms with E-state index in [-0.39, 0.29) is 0 Å². The van der Waals surface area contributed by atoms with Gasteiger partial charge in [0.05, 0.1) is 6.33 Å². The monoisotopic (exact) mass is 287 g/mol. The smallest absolute Gasteiger partial charge is 0.224 e. The number of rotatable bonds is 2. The van der Waals surface area contributed by atoms with E-state index in [2.05, 4.69) is 29.7 Å². The van der Waals surface area contributed by atoms with Crippen LogP contribution >= 0.6 is 0 Å². The summed E-state index contributed by atoms with van der Waals surface area (Å²) in [5.74, 6) is 1.18. The van der Waals surface area contributed by atoms with Crippen LogP contribution in [0.3, 0.4) is 0 Å². The quantitative estimate of drug-likeness (QED) is 0.857. The van der Waals surface area contributed by atoms with Gasteiger partial charge in [0.1, 0.15) is 5.52 Å². The molecular weight excluding hydrogens is 266 g/mol. The molecule has 0 unspecified atom stereocenters. The molecular formula is C14H21N7. The minimum atomic E-state index is 0.294. The third-order valence-corrected chi connectivity index (χ3v) is 4.74. The molecule has 112 valence electrons. The van der Waals surface area contributed by atoms with Gasteiger partial charge in [0.15, 0.2) is 11.5 Å². The molecule has 2 aromatic rings. The number of anilines is 2. The zero-order valence-electron chi connectivity index (χ0n) is 12.1. The number of piperazine rings is 1. The van der Waals surface area contributed by atoms with Crippen molar-refractivity contribution >= 4 is 22.9 Å². The lowest BCUT2D eigenvalue weighted by Crippen LogP contribution is -2.50. The van der Waals surface area contributed by atoms with Crippen molar-refractivity contribution in [2.24, 2.45) is 0 Å². The Bertz CT molecular complexity index is 623. The summed E-state index contributed by atoms with van der Waals surface area (Å²) in [5, 5.41) is 0. The molecule has 21 heavy (non-hydrogen) atoms. The van der Waals surface area contributed by atoms with Gasteiger partial charge in [0, 0.05) is 32.2 Å². The van der Waals surface area contributed by atoms with Crippen LogP contribution in [0.15, 0.2) is 6.33 Å². The Labute approximate surface area is 123 Å². The minimum Gasteiger partial charge on any atom is -0.368 e. The molecule has 4 rings (SSSR count). The normalized spacial score (nSPS) is 21.4. The van der Waals surface area contributed by atoms with Crippen LogP contribution in [0.1, 0.15) is 25.7 Å². The predicted octanol–water partition coefficient (Wildman–Crippen LogP) is 1.000. The molecule has 1 saturated heterocycles. The molecule has 7 nitrogen and oxygen atoms in total. The first kappa shape index (κ1) is 12.8. The van der Waals surface area contributed by atoms with Gasteiger partial charge in [-0.3, -0.25) is 4.90 Å². The molecule has 0 atom stereocenters. The van der Waals surface area contributed by atoms with Gasteiger partial charge in [0.2, 0.25) is 5.95 Å². The molecule has 0 amide bonds. The fourth-order valence-corrected chi connectivity index (χ4v) is 3.63. The first-order valence-electron chi connectivity index (χ1n) is 7.77. The summed E-state index contributed by atoms with van der Waals surface area (Å²) in [6, 6.07) is 0.801. The summed E-state index contributed by atoms with van der Waals surface area (Å²) >= 11 is 0. The van der Waals surface area contributed by atoms with Crippen molar-refractivity contribution in [3.63, 3.8) is 0 Å². The first-order valence-corrected chi connectivity index (χ1v) is 7.77. The molecule has 0 spiro atoms. The highest BCUT2D eigenvalue weighted by Gasteiger charge is 2.27. The van der Waals surface area contributed by atoms with Crippen LogP contribution in [-0.2, 0) is 0 Å². The highest BCUT2D eigenvalue weighted by Crippen LogP contribution is 2.27. The van der Waals surface area contributed by atoms with Gasteiger partial charge in [0.25, 0.3) is 0 Å². The number of fused-ring (bicyclic) bond motifs is 1. The van der Waals surface area contributed by atoms with E-state index in [1.54, 1.807) is 6.33 Å². The van der Waals surface area contributed by atoms with Crippen LogP contribution in [0, 0.1) is 0 Å². The summed E-state index contributed by atoms with van der Waals surface area (Å²) in [5.41, 5.74) is 7.34. The van der Waals surface area contributed by atoms with Gasteiger partial charge in [-0.2, -0.15) is 9.97 Å². The zero-order valence-corrected chi connectivity index (χ0v) is 12.1. The van der Waals surface area contributed by atoms with Gasteiger partial charge >= 0.3 is 0 Å². The highest BCUT2D eigenvalue weighted by atomic mass is 15.3. The number of nitrogens with two attached hydrogens (primary N) is 1. The maximum Gasteiger partial charge on any atom is 0.224 e. The maximum absolute atomic E-state index is 5.80. The van der Waals surface area contributed by atoms with Crippen molar-refractivity contribution in [1.82, 2.24) is 24.8 Å². The van der Waals surface area contributed by atoms with Gasteiger partial charge < -0.3 is 15.6 Å². The topological polar surface area (TPSA) is 87.0 Å². The second kappa shape index (κ2) is 5.14. The van der Waals surface area contributed by atoms with Crippen molar-refractivity contribution in [2.75, 3.05) is 36.8 Å². The van der Waals surface area contributed by atoms with Crippen molar-refractivity contribution in [3.8, 4) is 0 Å². The van der Waals surface area contributed by atoms with Crippen molar-refractivity contribution in [3.05, 3.63) is 6.33 Å². The molecule has 1 aliphatic heterocycles. The molecule has 0 radical (unpaired) electrons. The van der Waals surface area contributed by atoms with E-state index in [4.69, 9.17) is 5.73 Å². The predicted molar refractivity (Wildman–Crippen MR) is 82.1 cm³/mol. The lowest BCUT2D eigenvalue weighted by atomic mass is 10.2. The molecule has 1 saturated carbocycles. The second-order valence-electron chi connectivity index (χ2n) is 5.97. The number of nitrogens with zero attached hydrogens (tertiary/aromatic N) is 5. The number of hydrogen-bond donors (Lipinski definition) is 2. The number of nitrogens with one attached hydrogen (secondary N) is 1. The number of nitrogen functional groups attached to an aromatic ring is 1. The standard InChI is InChI=1S/C14H21N7/c15-14-18-12-11(16-9-17-12)13(19-14)21-7-5-20(6-8-21)10-3-1-2-4-10/h9-10H,1-8H2,(H3,15,16,17,18,19). The van der Waals surface area contributed by atoms with Crippen molar-refractivity contribution < 1.29 is 0 Å². The first-order chi connectivity index (χ1) is 10.3. The number of imidazole rings is 1. The van der Waals surface area contributed by atoms with E-state index in [9.17, 15) is 0 Å². The Morgan fingerprint density at radius 1 is 1.10 bits per heavy atom. The van der Waals surface area contributed by atoms with Gasteiger partial charge in [-0.25, -0.2) is 4.98 Å². The second-order valence-corrected chi connectivity index (χ2v) is 5.97. The van der Waals surface area contributed by atoms with E-state index in [1.165, 1.54) is 25.7 Å². The van der Waals surface area contributed by atoms with Gasteiger partial charge in [-0.15, -0.1) is 0 Å². The van der Waals surface area contributed by atoms with E-state index in [0.717, 1.165) is 43.6 Å². The molecule has 1 aliphatic carbocycles. The lowest BCUT2D eigenvalue weighted by Gasteiger charge is -2.38. The van der Waals surface area contributed by atoms with E-state index in [1.807, 2.05) is 0 Å². The Morgan fingerprint density at radius 2 is 1.86 bits per heavy atom. The molecule has 3 N–H and O–H groups in total. The SMILES string of the molecule is Nc1nc(N2CCN(C3CCCC3)CC2)c2[nH]cnc2n1. The van der Waals surface area contributed by atoms with Crippen LogP contribution < -0.4 is 10.6 Å². The fraction of sp³-hybridized carbons (Fsp3) is 0.643. The largest absolute Gasteiger partial charge is 0.368 e. The minimum absolute atomic E-state index is 0.294. The number of aromatic nitrogens is 4. The highest BCUT2D eigenvalue weighted by molar-refractivity contribution is 5.84. The molecule has 3 heterocycles. The molecule has 2 fully saturated rings. The Hall–Kier alpha value is -1.89. The van der Waals surface area contributed by atoms with Crippen LogP contribution in [-0.4, -0.2) is 57.1 Å². The Morgan fingerprint density at radius 3 is 2.62 bits per heavy atom. The number of H-pyrrole nitrogens is 1. The van der Waals surface area contributed by atoms with E-state index < -0.39 is 0 Å². The van der Waals surface area contributed by atoms with Crippen LogP contribution in [0.25, 0.3) is 11.2 Å². The zero-order chi connectivity index (χ0) is 14.2. The summed E-state index contributed by atoms with van der Waals surface area (Å²) in [7, 11) is 0.